The fourth-order valence-corrected chi connectivity index (χ4v) is 2.29. The SMILES string of the molecule is C=CCC(O)COc1ccc(Cc2ccc(OCC([CH2-])O)cc2)cc1.C=O.[W]. The van der Waals surface area contributed by atoms with Gasteiger partial charge in [0.05, 0.1) is 12.7 Å². The van der Waals surface area contributed by atoms with Gasteiger partial charge in [-0.3, -0.25) is 0 Å². The number of carbonyl (C=O) groups excluding carboxylic acids is 1. The molecule has 2 aromatic rings. The van der Waals surface area contributed by atoms with Crippen LogP contribution in [0.2, 0.25) is 0 Å². The third-order valence-corrected chi connectivity index (χ3v) is 3.58. The first-order chi connectivity index (χ1) is 13.1. The Bertz CT molecular complexity index is 656. The van der Waals surface area contributed by atoms with Crippen molar-refractivity contribution >= 4 is 6.79 Å². The molecule has 28 heavy (non-hydrogen) atoms. The molecule has 0 aliphatic heterocycles. The van der Waals surface area contributed by atoms with Crippen molar-refractivity contribution in [3.05, 3.63) is 79.2 Å². The maximum absolute atomic E-state index is 9.63. The summed E-state index contributed by atoms with van der Waals surface area (Å²) in [6.07, 6.45) is 1.75. The Morgan fingerprint density at radius 1 is 0.893 bits per heavy atom. The summed E-state index contributed by atoms with van der Waals surface area (Å²) in [5.41, 5.74) is 2.33. The van der Waals surface area contributed by atoms with Crippen LogP contribution in [-0.2, 0) is 32.3 Å². The summed E-state index contributed by atoms with van der Waals surface area (Å²) in [5, 5.41) is 18.7. The second-order valence-corrected chi connectivity index (χ2v) is 5.92. The molecule has 6 heteroatoms. The van der Waals surface area contributed by atoms with Crippen molar-refractivity contribution in [3.8, 4) is 11.5 Å². The van der Waals surface area contributed by atoms with E-state index in [1.807, 2.05) is 55.3 Å². The van der Waals surface area contributed by atoms with Gasteiger partial charge >= 0.3 is 0 Å². The third-order valence-electron chi connectivity index (χ3n) is 3.58. The number of aliphatic hydroxyl groups is 2. The fourth-order valence-electron chi connectivity index (χ4n) is 2.29. The summed E-state index contributed by atoms with van der Waals surface area (Å²) in [5.74, 6) is 1.45. The van der Waals surface area contributed by atoms with Crippen molar-refractivity contribution in [2.75, 3.05) is 13.2 Å². The van der Waals surface area contributed by atoms with E-state index in [0.717, 1.165) is 17.7 Å². The van der Waals surface area contributed by atoms with Gasteiger partial charge in [0.15, 0.2) is 0 Å². The van der Waals surface area contributed by atoms with Gasteiger partial charge in [-0.05, 0) is 54.3 Å². The minimum atomic E-state index is -0.724. The summed E-state index contributed by atoms with van der Waals surface area (Å²) < 4.78 is 10.9. The summed E-state index contributed by atoms with van der Waals surface area (Å²) >= 11 is 0. The summed E-state index contributed by atoms with van der Waals surface area (Å²) in [6, 6.07) is 15.6. The zero-order valence-electron chi connectivity index (χ0n) is 15.8. The molecule has 2 N–H and O–H groups in total. The minimum absolute atomic E-state index is 0. The molecule has 152 valence electrons. The van der Waals surface area contributed by atoms with Crippen molar-refractivity contribution in [3.63, 3.8) is 0 Å². The van der Waals surface area contributed by atoms with Gasteiger partial charge in [0, 0.05) is 21.1 Å². The van der Waals surface area contributed by atoms with E-state index in [2.05, 4.69) is 13.5 Å². The quantitative estimate of drug-likeness (QED) is 0.349. The number of hydrogen-bond donors (Lipinski definition) is 2. The van der Waals surface area contributed by atoms with Gasteiger partial charge in [-0.25, -0.2) is 0 Å². The van der Waals surface area contributed by atoms with Crippen LogP contribution < -0.4 is 9.47 Å². The molecule has 2 unspecified atom stereocenters. The van der Waals surface area contributed by atoms with E-state index < -0.39 is 12.2 Å². The second kappa shape index (κ2) is 15.0. The second-order valence-electron chi connectivity index (χ2n) is 5.92. The van der Waals surface area contributed by atoms with Gasteiger partial charge in [-0.1, -0.05) is 30.3 Å². The molecule has 0 heterocycles. The Morgan fingerprint density at radius 3 is 1.71 bits per heavy atom. The minimum Gasteiger partial charge on any atom is -0.494 e. The molecule has 0 spiro atoms. The van der Waals surface area contributed by atoms with Crippen molar-refractivity contribution in [2.45, 2.75) is 25.0 Å². The number of carbonyl (C=O) groups is 1. The molecule has 0 radical (unpaired) electrons. The van der Waals surface area contributed by atoms with Crippen LogP contribution in [-0.4, -0.2) is 42.4 Å². The molecule has 2 rings (SSSR count). The predicted octanol–water partition coefficient (Wildman–Crippen LogP) is 2.98. The number of rotatable bonds is 10. The van der Waals surface area contributed by atoms with E-state index in [4.69, 9.17) is 19.4 Å². The van der Waals surface area contributed by atoms with E-state index in [1.165, 1.54) is 5.56 Å². The Balaban J connectivity index is 0.00000235. The molecular formula is C22H27O5W-. The zero-order valence-corrected chi connectivity index (χ0v) is 18.8. The molecule has 0 fully saturated rings. The molecule has 0 saturated carbocycles. The van der Waals surface area contributed by atoms with Gasteiger partial charge in [-0.15, -0.1) is 6.58 Å². The molecule has 5 nitrogen and oxygen atoms in total. The number of benzene rings is 2. The molecule has 0 aliphatic carbocycles. The Morgan fingerprint density at radius 2 is 1.32 bits per heavy atom. The van der Waals surface area contributed by atoms with E-state index in [1.54, 1.807) is 6.08 Å². The van der Waals surface area contributed by atoms with Crippen molar-refractivity contribution < 1.29 is 45.5 Å². The molecule has 0 aromatic heterocycles. The molecule has 0 aliphatic rings. The van der Waals surface area contributed by atoms with Gasteiger partial charge in [0.2, 0.25) is 0 Å². The van der Waals surface area contributed by atoms with Crippen LogP contribution in [0.5, 0.6) is 11.5 Å². The number of aliphatic hydroxyl groups excluding tert-OH is 2. The fraction of sp³-hybridized carbons (Fsp3) is 0.273. The van der Waals surface area contributed by atoms with Gasteiger partial charge in [0.25, 0.3) is 0 Å². The molecule has 0 amide bonds. The standard InChI is InChI=1S/C21H25O4.CH2O.W/c1-3-4-19(23)15-25-21-11-7-18(8-12-21)13-17-5-9-20(10-6-17)24-14-16(2)22;1-2;/h3,5-12,16,19,22-23H,1-2,4,13-15H2;1H2;/q-1;;. The monoisotopic (exact) mass is 555 g/mol. The van der Waals surface area contributed by atoms with E-state index in [9.17, 15) is 5.11 Å². The van der Waals surface area contributed by atoms with Crippen LogP contribution in [0.25, 0.3) is 0 Å². The van der Waals surface area contributed by atoms with Crippen LogP contribution in [0.1, 0.15) is 17.5 Å². The number of ether oxygens (including phenoxy) is 2. The maximum Gasteiger partial charge on any atom is 0.119 e. The molecular weight excluding hydrogens is 528 g/mol. The van der Waals surface area contributed by atoms with E-state index in [-0.39, 0.29) is 34.3 Å². The largest absolute Gasteiger partial charge is 0.494 e. The summed E-state index contributed by atoms with van der Waals surface area (Å²) in [4.78, 5) is 8.00. The van der Waals surface area contributed by atoms with Crippen molar-refractivity contribution in [1.82, 2.24) is 0 Å². The van der Waals surface area contributed by atoms with Crippen molar-refractivity contribution in [1.29, 1.82) is 0 Å². The van der Waals surface area contributed by atoms with Crippen molar-refractivity contribution in [2.24, 2.45) is 0 Å². The van der Waals surface area contributed by atoms with Gasteiger partial charge < -0.3 is 31.4 Å². The summed E-state index contributed by atoms with van der Waals surface area (Å²) in [6.45, 7) is 9.50. The average molecular weight is 555 g/mol. The van der Waals surface area contributed by atoms with Crippen LogP contribution >= 0.6 is 0 Å². The smallest absolute Gasteiger partial charge is 0.119 e. The first-order valence-corrected chi connectivity index (χ1v) is 8.59. The van der Waals surface area contributed by atoms with Crippen LogP contribution in [0, 0.1) is 6.92 Å². The molecule has 0 saturated heterocycles. The van der Waals surface area contributed by atoms with E-state index >= 15 is 0 Å². The molecule has 2 atom stereocenters. The maximum atomic E-state index is 9.63. The van der Waals surface area contributed by atoms with Gasteiger partial charge in [0.1, 0.15) is 24.9 Å². The first kappa shape index (κ1) is 26.1. The average Bonchev–Trinajstić information content (AvgIpc) is 2.69. The molecule has 2 aromatic carbocycles. The van der Waals surface area contributed by atoms with E-state index in [0.29, 0.717) is 12.2 Å². The third kappa shape index (κ3) is 10.4. The summed E-state index contributed by atoms with van der Waals surface area (Å²) in [7, 11) is 0. The van der Waals surface area contributed by atoms with Gasteiger partial charge in [-0.2, -0.15) is 0 Å². The van der Waals surface area contributed by atoms with Crippen LogP contribution in [0.3, 0.4) is 0 Å². The normalized spacial score (nSPS) is 11.8. The molecule has 0 bridgehead atoms. The van der Waals surface area contributed by atoms with Crippen LogP contribution in [0.4, 0.5) is 0 Å². The van der Waals surface area contributed by atoms with Crippen LogP contribution in [0.15, 0.2) is 61.2 Å². The Kier molecular flexibility index (Phi) is 14.0. The first-order valence-electron chi connectivity index (χ1n) is 8.59. The Hall–Kier alpha value is -1.94. The zero-order chi connectivity index (χ0) is 20.1. The number of hydrogen-bond acceptors (Lipinski definition) is 5. The predicted molar refractivity (Wildman–Crippen MR) is 106 cm³/mol. The topological polar surface area (TPSA) is 76.0 Å². The Labute approximate surface area is 181 Å².